The summed E-state index contributed by atoms with van der Waals surface area (Å²) in [4.78, 5) is 48.6. The molecule has 1 aromatic carbocycles. The first-order chi connectivity index (χ1) is 15.4. The van der Waals surface area contributed by atoms with Crippen molar-refractivity contribution in [3.8, 4) is 0 Å². The molecule has 3 N–H and O–H groups in total. The minimum atomic E-state index is -1.03. The summed E-state index contributed by atoms with van der Waals surface area (Å²) in [7, 11) is 3.44. The molecule has 0 saturated carbocycles. The second-order valence-electron chi connectivity index (χ2n) is 8.66. The molecule has 0 heterocycles. The van der Waals surface area contributed by atoms with E-state index >= 15 is 0 Å². The van der Waals surface area contributed by atoms with Crippen LogP contribution in [0.1, 0.15) is 46.1 Å². The number of esters is 1. The van der Waals surface area contributed by atoms with Crippen LogP contribution in [0.15, 0.2) is 30.3 Å². The van der Waals surface area contributed by atoms with E-state index in [2.05, 4.69) is 41.8 Å². The zero-order valence-corrected chi connectivity index (χ0v) is 20.6. The number of nitrogens with zero attached hydrogens (tertiary/aromatic N) is 1. The van der Waals surface area contributed by atoms with Gasteiger partial charge in [0.15, 0.2) is 5.78 Å². The summed E-state index contributed by atoms with van der Waals surface area (Å²) in [6.45, 7) is 7.08. The molecule has 1 rings (SSSR count). The third-order valence-electron chi connectivity index (χ3n) is 4.02. The number of ketones is 1. The number of ether oxygens (including phenoxy) is 1. The van der Waals surface area contributed by atoms with Crippen LogP contribution < -0.4 is 10.6 Å². The van der Waals surface area contributed by atoms with Gasteiger partial charge < -0.3 is 25.7 Å². The molecule has 0 aliphatic heterocycles. The number of carbonyl (C=O) groups is 4. The quantitative estimate of drug-likeness (QED) is 0.339. The summed E-state index contributed by atoms with van der Waals surface area (Å²) < 4.78 is 5.23. The number of hydrogen-bond acceptors (Lipinski definition) is 7. The molecule has 1 unspecified atom stereocenters. The number of carbonyl (C=O) groups excluding carboxylic acids is 4. The highest BCUT2D eigenvalue weighted by Gasteiger charge is 2.27. The van der Waals surface area contributed by atoms with Gasteiger partial charge in [-0.25, -0.2) is 4.79 Å². The average molecular weight is 463 g/mol. The number of rotatable bonds is 11. The smallest absolute Gasteiger partial charge is 0.329 e. The molecule has 0 aromatic heterocycles. The highest BCUT2D eigenvalue weighted by atomic mass is 16.6. The molecule has 2 amide bonds. The lowest BCUT2D eigenvalue weighted by atomic mass is 10.1. The van der Waals surface area contributed by atoms with Crippen LogP contribution >= 0.6 is 0 Å². The van der Waals surface area contributed by atoms with Gasteiger partial charge in [0, 0.05) is 6.42 Å². The van der Waals surface area contributed by atoms with Crippen LogP contribution in [0.5, 0.6) is 0 Å². The maximum atomic E-state index is 12.2. The van der Waals surface area contributed by atoms with E-state index in [0.29, 0.717) is 6.21 Å². The minimum Gasteiger partial charge on any atom is -0.458 e. The first-order valence-corrected chi connectivity index (χ1v) is 10.9. The largest absolute Gasteiger partial charge is 0.458 e. The molecule has 184 valence electrons. The Morgan fingerprint density at radius 2 is 1.70 bits per heavy atom. The molecule has 0 bridgehead atoms. The lowest BCUT2D eigenvalue weighted by Crippen LogP contribution is -2.48. The van der Waals surface area contributed by atoms with Crippen molar-refractivity contribution in [1.82, 2.24) is 15.5 Å². The van der Waals surface area contributed by atoms with Crippen molar-refractivity contribution >= 4 is 29.8 Å². The van der Waals surface area contributed by atoms with Crippen molar-refractivity contribution in [3.63, 3.8) is 0 Å². The summed E-state index contributed by atoms with van der Waals surface area (Å²) in [6.07, 6.45) is 1.75. The Bertz CT molecular complexity index is 773. The molecule has 1 aromatic rings. The molecule has 33 heavy (non-hydrogen) atoms. The van der Waals surface area contributed by atoms with E-state index in [1.54, 1.807) is 39.8 Å². The Hall–Kier alpha value is -3.07. The van der Waals surface area contributed by atoms with Gasteiger partial charge in [-0.15, -0.1) is 0 Å². The van der Waals surface area contributed by atoms with Crippen LogP contribution in [-0.2, 0) is 30.3 Å². The van der Waals surface area contributed by atoms with Crippen molar-refractivity contribution in [2.45, 2.75) is 58.6 Å². The number of hydrogen-bond donors (Lipinski definition) is 3. The van der Waals surface area contributed by atoms with Gasteiger partial charge in [0.25, 0.3) is 0 Å². The predicted molar refractivity (Wildman–Crippen MR) is 128 cm³/mol. The van der Waals surface area contributed by atoms with E-state index in [4.69, 9.17) is 10.1 Å². The van der Waals surface area contributed by atoms with E-state index in [1.165, 1.54) is 5.56 Å². The van der Waals surface area contributed by atoms with E-state index < -0.39 is 29.3 Å². The number of nitrogens with one attached hydrogen (secondary N) is 3. The van der Waals surface area contributed by atoms with Gasteiger partial charge in [0.2, 0.25) is 11.8 Å². The first kappa shape index (κ1) is 29.9. The van der Waals surface area contributed by atoms with Crippen LogP contribution in [0.4, 0.5) is 0 Å². The molecular weight excluding hydrogens is 424 g/mol. The molecule has 0 aliphatic carbocycles. The van der Waals surface area contributed by atoms with Crippen molar-refractivity contribution in [1.29, 1.82) is 5.41 Å². The molecule has 9 nitrogen and oxygen atoms in total. The normalized spacial score (nSPS) is 11.5. The maximum absolute atomic E-state index is 12.2. The van der Waals surface area contributed by atoms with Crippen molar-refractivity contribution in [3.05, 3.63) is 35.9 Å². The van der Waals surface area contributed by atoms with Gasteiger partial charge >= 0.3 is 5.97 Å². The van der Waals surface area contributed by atoms with E-state index in [1.807, 2.05) is 6.07 Å². The second-order valence-corrected chi connectivity index (χ2v) is 8.66. The molecule has 0 spiro atoms. The Labute approximate surface area is 196 Å². The monoisotopic (exact) mass is 462 g/mol. The number of Topliss-reactive ketones (excluding diaryl/α,β-unsaturated/α-hetero) is 1. The van der Waals surface area contributed by atoms with E-state index in [0.717, 1.165) is 6.42 Å². The summed E-state index contributed by atoms with van der Waals surface area (Å²) in [5, 5.41) is 11.8. The fraction of sp³-hybridized carbons (Fsp3) is 0.542. The Balaban J connectivity index is 0.00000106. The Morgan fingerprint density at radius 1 is 1.09 bits per heavy atom. The predicted octanol–water partition coefficient (Wildman–Crippen LogP) is 1.74. The van der Waals surface area contributed by atoms with E-state index in [9.17, 15) is 19.2 Å². The first-order valence-electron chi connectivity index (χ1n) is 10.9. The summed E-state index contributed by atoms with van der Waals surface area (Å²) >= 11 is 0. The van der Waals surface area contributed by atoms with Crippen molar-refractivity contribution in [2.24, 2.45) is 0 Å². The zero-order chi connectivity index (χ0) is 25.4. The Morgan fingerprint density at radius 3 is 2.15 bits per heavy atom. The standard InChI is InChI=1S/C16H28N4O5.C8H10/c1-16(2,3)25-15(24)12(7-6-11(21)8-17)19-13(22)9-18-14(23)10-20(4)5;1-2-8-6-4-3-5-7-8/h8,12,17H,6-7,9-10H2,1-5H3,(H,18,23)(H,19,22);3-7H,2H2,1H3. The fourth-order valence-electron chi connectivity index (χ4n) is 2.46. The van der Waals surface area contributed by atoms with Gasteiger partial charge in [-0.05, 0) is 53.3 Å². The molecule has 0 aliphatic rings. The van der Waals surface area contributed by atoms with Crippen LogP contribution in [-0.4, -0.2) is 73.5 Å². The molecule has 0 saturated heterocycles. The highest BCUT2D eigenvalue weighted by molar-refractivity contribution is 6.26. The van der Waals surface area contributed by atoms with Gasteiger partial charge in [-0.3, -0.25) is 14.4 Å². The molecule has 0 radical (unpaired) electrons. The highest BCUT2D eigenvalue weighted by Crippen LogP contribution is 2.11. The Kier molecular flexibility index (Phi) is 14.2. The maximum Gasteiger partial charge on any atom is 0.329 e. The number of likely N-dealkylation sites (N-methyl/N-ethyl adjacent to an activating group) is 1. The topological polar surface area (TPSA) is 129 Å². The van der Waals surface area contributed by atoms with Gasteiger partial charge in [0.05, 0.1) is 19.3 Å². The van der Waals surface area contributed by atoms with Crippen LogP contribution in [0.2, 0.25) is 0 Å². The summed E-state index contributed by atoms with van der Waals surface area (Å²) in [5.41, 5.74) is 0.665. The van der Waals surface area contributed by atoms with Gasteiger partial charge in [-0.1, -0.05) is 37.3 Å². The molecular formula is C24H38N4O5. The average Bonchev–Trinajstić information content (AvgIpc) is 2.74. The third-order valence-corrected chi connectivity index (χ3v) is 4.02. The third kappa shape index (κ3) is 16.3. The van der Waals surface area contributed by atoms with Gasteiger partial charge in [0.1, 0.15) is 11.6 Å². The number of amides is 2. The summed E-state index contributed by atoms with van der Waals surface area (Å²) in [5.74, 6) is -2.02. The SMILES string of the molecule is CCc1ccccc1.CN(C)CC(=O)NCC(=O)NC(CCC(=O)C=N)C(=O)OC(C)(C)C. The summed E-state index contributed by atoms with van der Waals surface area (Å²) in [6, 6.07) is 9.43. The molecule has 1 atom stereocenters. The lowest BCUT2D eigenvalue weighted by Gasteiger charge is -2.24. The minimum absolute atomic E-state index is 0.0144. The number of benzene rings is 1. The van der Waals surface area contributed by atoms with Crippen LogP contribution in [0.3, 0.4) is 0 Å². The second kappa shape index (κ2) is 15.7. The molecule has 9 heteroatoms. The fourth-order valence-corrected chi connectivity index (χ4v) is 2.46. The van der Waals surface area contributed by atoms with Gasteiger partial charge in [-0.2, -0.15) is 0 Å². The van der Waals surface area contributed by atoms with Crippen molar-refractivity contribution in [2.75, 3.05) is 27.2 Å². The van der Waals surface area contributed by atoms with E-state index in [-0.39, 0.29) is 31.8 Å². The van der Waals surface area contributed by atoms with Crippen LogP contribution in [0.25, 0.3) is 0 Å². The van der Waals surface area contributed by atoms with Crippen molar-refractivity contribution < 1.29 is 23.9 Å². The van der Waals surface area contributed by atoms with Crippen LogP contribution in [0, 0.1) is 5.41 Å². The number of aryl methyl sites for hydroxylation is 1. The molecule has 0 fully saturated rings. The zero-order valence-electron chi connectivity index (χ0n) is 20.6. The lowest BCUT2D eigenvalue weighted by molar-refractivity contribution is -0.158.